The predicted molar refractivity (Wildman–Crippen MR) is 87.3 cm³/mol. The van der Waals surface area contributed by atoms with Crippen LogP contribution in [0.5, 0.6) is 11.5 Å². The molecule has 3 rings (SSSR count). The van der Waals surface area contributed by atoms with Gasteiger partial charge in [0.2, 0.25) is 5.78 Å². The van der Waals surface area contributed by atoms with E-state index < -0.39 is 11.3 Å². The minimum atomic E-state index is -0.451. The van der Waals surface area contributed by atoms with Gasteiger partial charge in [-0.05, 0) is 37.3 Å². The van der Waals surface area contributed by atoms with Gasteiger partial charge in [-0.1, -0.05) is 18.2 Å². The lowest BCUT2D eigenvalue weighted by molar-refractivity contribution is 0.103. The van der Waals surface area contributed by atoms with Gasteiger partial charge < -0.3 is 14.8 Å². The molecule has 3 aromatic rings. The van der Waals surface area contributed by atoms with Crippen LogP contribution in [0.3, 0.4) is 0 Å². The van der Waals surface area contributed by atoms with Crippen molar-refractivity contribution < 1.29 is 14.6 Å². The molecule has 1 heterocycles. The van der Waals surface area contributed by atoms with Gasteiger partial charge in [-0.15, -0.1) is 0 Å². The molecule has 0 saturated carbocycles. The largest absolute Gasteiger partial charge is 0.505 e. The fourth-order valence-electron chi connectivity index (χ4n) is 2.44. The molecule has 2 N–H and O–H groups in total. The lowest BCUT2D eigenvalue weighted by Crippen LogP contribution is -2.14. The maximum Gasteiger partial charge on any atom is 0.256 e. The van der Waals surface area contributed by atoms with Crippen molar-refractivity contribution in [2.45, 2.75) is 6.92 Å². The Bertz CT molecular complexity index is 926. The molecule has 1 aromatic heterocycles. The van der Waals surface area contributed by atoms with Crippen LogP contribution in [0.1, 0.15) is 23.0 Å². The number of carbonyl (C=O) groups excluding carboxylic acids is 1. The summed E-state index contributed by atoms with van der Waals surface area (Å²) in [6.07, 6.45) is 0. The molecule has 116 valence electrons. The minimum absolute atomic E-state index is 0.113. The summed E-state index contributed by atoms with van der Waals surface area (Å²) >= 11 is 0. The summed E-state index contributed by atoms with van der Waals surface area (Å²) in [6, 6.07) is 13.1. The third kappa shape index (κ3) is 2.68. The highest BCUT2D eigenvalue weighted by atomic mass is 16.5. The molecule has 0 saturated heterocycles. The number of rotatable bonds is 4. The van der Waals surface area contributed by atoms with Crippen LogP contribution in [0.4, 0.5) is 0 Å². The summed E-state index contributed by atoms with van der Waals surface area (Å²) in [6.45, 7) is 2.41. The normalized spacial score (nSPS) is 10.7. The summed E-state index contributed by atoms with van der Waals surface area (Å²) < 4.78 is 5.33. The molecular formula is C18H15NO4. The van der Waals surface area contributed by atoms with Gasteiger partial charge in [0.25, 0.3) is 5.56 Å². The molecule has 0 bridgehead atoms. The van der Waals surface area contributed by atoms with Crippen molar-refractivity contribution in [3.8, 4) is 11.5 Å². The van der Waals surface area contributed by atoms with Crippen LogP contribution in [0, 0.1) is 0 Å². The molecule has 0 aliphatic carbocycles. The van der Waals surface area contributed by atoms with Crippen LogP contribution in [-0.2, 0) is 0 Å². The van der Waals surface area contributed by atoms with Crippen LogP contribution in [0.2, 0.25) is 0 Å². The molecule has 0 atom stereocenters. The van der Waals surface area contributed by atoms with Crippen LogP contribution in [0.25, 0.3) is 10.8 Å². The molecule has 0 amide bonds. The molecule has 0 aliphatic heterocycles. The Kier molecular flexibility index (Phi) is 3.85. The molecule has 2 aromatic carbocycles. The predicted octanol–water partition coefficient (Wildman–Crippen LogP) is 2.86. The third-order valence-corrected chi connectivity index (χ3v) is 3.56. The average molecular weight is 309 g/mol. The van der Waals surface area contributed by atoms with E-state index in [0.29, 0.717) is 28.7 Å². The maximum absolute atomic E-state index is 12.6. The number of pyridine rings is 1. The summed E-state index contributed by atoms with van der Waals surface area (Å²) in [5.74, 6) is -0.0206. The molecule has 0 unspecified atom stereocenters. The fourth-order valence-corrected chi connectivity index (χ4v) is 2.44. The van der Waals surface area contributed by atoms with Crippen LogP contribution in [-0.4, -0.2) is 22.5 Å². The maximum atomic E-state index is 12.6. The van der Waals surface area contributed by atoms with Gasteiger partial charge in [0.05, 0.1) is 12.0 Å². The monoisotopic (exact) mass is 309 g/mol. The smallest absolute Gasteiger partial charge is 0.256 e. The van der Waals surface area contributed by atoms with Gasteiger partial charge >= 0.3 is 0 Å². The second-order valence-corrected chi connectivity index (χ2v) is 5.01. The Balaban J connectivity index is 2.07. The highest BCUT2D eigenvalue weighted by Gasteiger charge is 2.18. The van der Waals surface area contributed by atoms with Crippen molar-refractivity contribution in [3.05, 3.63) is 70.1 Å². The first-order valence-corrected chi connectivity index (χ1v) is 7.23. The number of hydrogen-bond acceptors (Lipinski definition) is 4. The summed E-state index contributed by atoms with van der Waals surface area (Å²) in [7, 11) is 0. The van der Waals surface area contributed by atoms with Crippen molar-refractivity contribution in [2.24, 2.45) is 0 Å². The fraction of sp³-hybridized carbons (Fsp3) is 0.111. The zero-order valence-corrected chi connectivity index (χ0v) is 12.5. The second kappa shape index (κ2) is 5.96. The van der Waals surface area contributed by atoms with E-state index in [9.17, 15) is 14.7 Å². The Hall–Kier alpha value is -3.08. The van der Waals surface area contributed by atoms with Gasteiger partial charge in [0, 0.05) is 10.9 Å². The van der Waals surface area contributed by atoms with Crippen LogP contribution in [0.15, 0.2) is 53.3 Å². The first-order chi connectivity index (χ1) is 11.1. The van der Waals surface area contributed by atoms with Gasteiger partial charge in [-0.3, -0.25) is 9.59 Å². The van der Waals surface area contributed by atoms with E-state index >= 15 is 0 Å². The van der Waals surface area contributed by atoms with E-state index in [4.69, 9.17) is 4.74 Å². The van der Waals surface area contributed by atoms with Crippen molar-refractivity contribution in [2.75, 3.05) is 6.61 Å². The molecule has 0 spiro atoms. The van der Waals surface area contributed by atoms with Gasteiger partial charge in [-0.2, -0.15) is 0 Å². The Morgan fingerprint density at radius 3 is 2.39 bits per heavy atom. The van der Waals surface area contributed by atoms with Crippen molar-refractivity contribution >= 4 is 16.6 Å². The Morgan fingerprint density at radius 1 is 1.09 bits per heavy atom. The van der Waals surface area contributed by atoms with E-state index in [1.54, 1.807) is 48.5 Å². The molecule has 0 fully saturated rings. The quantitative estimate of drug-likeness (QED) is 0.726. The number of aromatic nitrogens is 1. The SMILES string of the molecule is CCOc1ccc(C(=O)c2[nH]c(=O)c3ccccc3c2O)cc1. The van der Waals surface area contributed by atoms with E-state index in [1.807, 2.05) is 6.92 Å². The van der Waals surface area contributed by atoms with E-state index in [-0.39, 0.29) is 11.4 Å². The lowest BCUT2D eigenvalue weighted by Gasteiger charge is -2.08. The number of aromatic hydroxyl groups is 1. The van der Waals surface area contributed by atoms with Crippen LogP contribution < -0.4 is 10.3 Å². The Labute approximate surface area is 132 Å². The van der Waals surface area contributed by atoms with E-state index in [0.717, 1.165) is 0 Å². The number of carbonyl (C=O) groups is 1. The van der Waals surface area contributed by atoms with Gasteiger partial charge in [-0.25, -0.2) is 0 Å². The highest BCUT2D eigenvalue weighted by Crippen LogP contribution is 2.26. The second-order valence-electron chi connectivity index (χ2n) is 5.01. The summed E-state index contributed by atoms with van der Waals surface area (Å²) in [4.78, 5) is 27.1. The first kappa shape index (κ1) is 14.8. The van der Waals surface area contributed by atoms with Crippen LogP contribution >= 0.6 is 0 Å². The van der Waals surface area contributed by atoms with Crippen molar-refractivity contribution in [3.63, 3.8) is 0 Å². The third-order valence-electron chi connectivity index (χ3n) is 3.56. The minimum Gasteiger partial charge on any atom is -0.505 e. The van der Waals surface area contributed by atoms with E-state index in [2.05, 4.69) is 4.98 Å². The molecule has 5 heteroatoms. The summed E-state index contributed by atoms with van der Waals surface area (Å²) in [5.41, 5.74) is -0.166. The molecular weight excluding hydrogens is 294 g/mol. The van der Waals surface area contributed by atoms with E-state index in [1.165, 1.54) is 0 Å². The first-order valence-electron chi connectivity index (χ1n) is 7.23. The number of fused-ring (bicyclic) bond motifs is 1. The number of benzene rings is 2. The Morgan fingerprint density at radius 2 is 1.74 bits per heavy atom. The highest BCUT2D eigenvalue weighted by molar-refractivity contribution is 6.11. The lowest BCUT2D eigenvalue weighted by atomic mass is 10.0. The zero-order valence-electron chi connectivity index (χ0n) is 12.5. The number of H-pyrrole nitrogens is 1. The number of hydrogen-bond donors (Lipinski definition) is 2. The number of ether oxygens (including phenoxy) is 1. The standard InChI is InChI=1S/C18H15NO4/c1-2-23-12-9-7-11(8-10-12)16(20)15-17(21)13-5-3-4-6-14(13)18(22)19-15/h3-10,21H,2H2,1H3,(H,19,22). The van der Waals surface area contributed by atoms with Crippen molar-refractivity contribution in [1.82, 2.24) is 4.98 Å². The topological polar surface area (TPSA) is 79.4 Å². The molecule has 0 aliphatic rings. The van der Waals surface area contributed by atoms with Gasteiger partial charge in [0.15, 0.2) is 5.75 Å². The summed E-state index contributed by atoms with van der Waals surface area (Å²) in [5, 5.41) is 11.0. The number of nitrogens with one attached hydrogen (secondary N) is 1. The zero-order chi connectivity index (χ0) is 16.4. The molecule has 5 nitrogen and oxygen atoms in total. The number of aromatic amines is 1. The van der Waals surface area contributed by atoms with Gasteiger partial charge in [0.1, 0.15) is 11.4 Å². The molecule has 0 radical (unpaired) electrons. The number of ketones is 1. The van der Waals surface area contributed by atoms with Crippen molar-refractivity contribution in [1.29, 1.82) is 0 Å². The average Bonchev–Trinajstić information content (AvgIpc) is 2.58. The molecule has 23 heavy (non-hydrogen) atoms.